The van der Waals surface area contributed by atoms with Gasteiger partial charge in [-0.3, -0.25) is 4.79 Å². The lowest BCUT2D eigenvalue weighted by Crippen LogP contribution is -2.30. The van der Waals surface area contributed by atoms with Crippen LogP contribution in [0.3, 0.4) is 0 Å². The smallest absolute Gasteiger partial charge is 0.262 e. The summed E-state index contributed by atoms with van der Waals surface area (Å²) in [6.45, 7) is 2.91. The molecule has 1 N–H and O–H groups in total. The molecule has 118 valence electrons. The van der Waals surface area contributed by atoms with Crippen LogP contribution < -0.4 is 5.32 Å². The first-order chi connectivity index (χ1) is 9.77. The van der Waals surface area contributed by atoms with Crippen LogP contribution in [0.4, 0.5) is 0 Å². The van der Waals surface area contributed by atoms with Crippen molar-refractivity contribution in [1.29, 1.82) is 0 Å². The number of carbonyl (C=O) groups is 1. The Bertz CT molecular complexity index is 635. The number of amides is 1. The lowest BCUT2D eigenvalue weighted by molar-refractivity contribution is 0.0942. The number of halogens is 1. The molecule has 0 unspecified atom stereocenters. The summed E-state index contributed by atoms with van der Waals surface area (Å²) in [5.41, 5.74) is 0.152. The molecular weight excluding hydrogens is 334 g/mol. The Morgan fingerprint density at radius 3 is 2.67 bits per heavy atom. The lowest BCUT2D eigenvalue weighted by atomic mass is 10.0. The molecule has 0 bridgehead atoms. The van der Waals surface area contributed by atoms with Crippen LogP contribution >= 0.6 is 22.0 Å². The first-order valence-electron chi connectivity index (χ1n) is 6.60. The van der Waals surface area contributed by atoms with Gasteiger partial charge in [0.05, 0.1) is 9.77 Å². The fourth-order valence-electron chi connectivity index (χ4n) is 2.18. The third-order valence-electron chi connectivity index (χ3n) is 3.78. The van der Waals surface area contributed by atoms with Crippen LogP contribution in [0.25, 0.3) is 0 Å². The molecule has 8 heteroatoms. The average molecular weight is 352 g/mol. The molecule has 0 aromatic carbocycles. The minimum absolute atomic E-state index is 0.0137. The molecule has 0 radical (unpaired) electrons. The molecular formula is C13H18ClNO4S2. The summed E-state index contributed by atoms with van der Waals surface area (Å²) in [7, 11) is 3.19. The van der Waals surface area contributed by atoms with Crippen LogP contribution in [0.1, 0.15) is 33.8 Å². The highest BCUT2D eigenvalue weighted by molar-refractivity contribution is 8.13. The highest BCUT2D eigenvalue weighted by Gasteiger charge is 2.42. The predicted octanol–water partition coefficient (Wildman–Crippen LogP) is 2.53. The molecule has 2 rings (SSSR count). The molecule has 1 aliphatic carbocycles. The molecule has 1 aromatic rings. The number of thiophene rings is 1. The average Bonchev–Trinajstić information content (AvgIpc) is 3.06. The van der Waals surface area contributed by atoms with E-state index in [1.807, 2.05) is 0 Å². The molecule has 1 aliphatic rings. The number of ether oxygens (including phenoxy) is 1. The van der Waals surface area contributed by atoms with Gasteiger partial charge in [0.25, 0.3) is 15.0 Å². The Balaban J connectivity index is 1.99. The van der Waals surface area contributed by atoms with Crippen molar-refractivity contribution in [3.63, 3.8) is 0 Å². The van der Waals surface area contributed by atoms with E-state index in [1.54, 1.807) is 14.0 Å². The van der Waals surface area contributed by atoms with Crippen molar-refractivity contribution in [2.45, 2.75) is 31.1 Å². The molecule has 0 saturated heterocycles. The van der Waals surface area contributed by atoms with Crippen LogP contribution in [-0.2, 0) is 13.8 Å². The summed E-state index contributed by atoms with van der Waals surface area (Å²) in [5, 5.41) is 2.88. The lowest BCUT2D eigenvalue weighted by Gasteiger charge is -2.14. The second-order valence-electron chi connectivity index (χ2n) is 5.39. The highest BCUT2D eigenvalue weighted by Crippen LogP contribution is 2.48. The molecule has 0 aliphatic heterocycles. The highest BCUT2D eigenvalue weighted by atomic mass is 35.7. The van der Waals surface area contributed by atoms with E-state index in [4.69, 9.17) is 15.4 Å². The van der Waals surface area contributed by atoms with E-state index in [2.05, 4.69) is 5.32 Å². The molecule has 1 aromatic heterocycles. The van der Waals surface area contributed by atoms with Crippen LogP contribution in [0.5, 0.6) is 0 Å². The summed E-state index contributed by atoms with van der Waals surface area (Å²) >= 11 is 1.14. The van der Waals surface area contributed by atoms with Crippen molar-refractivity contribution < 1.29 is 17.9 Å². The van der Waals surface area contributed by atoms with Gasteiger partial charge >= 0.3 is 0 Å². The Labute approximate surface area is 133 Å². The maximum absolute atomic E-state index is 12.1. The van der Waals surface area contributed by atoms with Gasteiger partial charge in [-0.2, -0.15) is 0 Å². The number of hydrogen-bond donors (Lipinski definition) is 1. The topological polar surface area (TPSA) is 72.5 Å². The number of aryl methyl sites for hydroxylation is 1. The van der Waals surface area contributed by atoms with Crippen molar-refractivity contribution in [2.24, 2.45) is 5.41 Å². The zero-order valence-corrected chi connectivity index (χ0v) is 14.3. The van der Waals surface area contributed by atoms with Gasteiger partial charge in [-0.05, 0) is 37.7 Å². The summed E-state index contributed by atoms with van der Waals surface area (Å²) in [4.78, 5) is 13.0. The second-order valence-corrected chi connectivity index (χ2v) is 9.19. The van der Waals surface area contributed by atoms with Crippen LogP contribution in [0.2, 0.25) is 0 Å². The monoisotopic (exact) mass is 351 g/mol. The molecule has 0 atom stereocenters. The van der Waals surface area contributed by atoms with Crippen molar-refractivity contribution in [3.8, 4) is 0 Å². The third kappa shape index (κ3) is 4.18. The van der Waals surface area contributed by atoms with Crippen molar-refractivity contribution in [3.05, 3.63) is 15.8 Å². The van der Waals surface area contributed by atoms with E-state index in [0.29, 0.717) is 22.9 Å². The number of rotatable bonds is 7. The standard InChI is InChI=1S/C13H18ClNO4S2/c1-9-11(21(14,17)18)7-10(20-9)12(16)15-8-13(3-4-13)5-6-19-2/h7H,3-6,8H2,1-2H3,(H,15,16). The van der Waals surface area contributed by atoms with Crippen LogP contribution in [0.15, 0.2) is 11.0 Å². The predicted molar refractivity (Wildman–Crippen MR) is 82.6 cm³/mol. The third-order valence-corrected chi connectivity index (χ3v) is 6.40. The van der Waals surface area contributed by atoms with Crippen molar-refractivity contribution >= 4 is 37.0 Å². The van der Waals surface area contributed by atoms with Gasteiger partial charge in [0.1, 0.15) is 0 Å². The first-order valence-corrected chi connectivity index (χ1v) is 9.72. The summed E-state index contributed by atoms with van der Waals surface area (Å²) in [6.07, 6.45) is 3.09. The molecule has 0 spiro atoms. The Hall–Kier alpha value is -0.630. The number of methoxy groups -OCH3 is 1. The molecule has 1 saturated carbocycles. The van der Waals surface area contributed by atoms with E-state index in [0.717, 1.165) is 30.6 Å². The molecule has 5 nitrogen and oxygen atoms in total. The number of carbonyl (C=O) groups excluding carboxylic acids is 1. The fraction of sp³-hybridized carbons (Fsp3) is 0.615. The second kappa shape index (κ2) is 6.24. The van der Waals surface area contributed by atoms with Crippen LogP contribution in [0, 0.1) is 12.3 Å². The summed E-state index contributed by atoms with van der Waals surface area (Å²) < 4.78 is 27.8. The Morgan fingerprint density at radius 2 is 2.19 bits per heavy atom. The van der Waals surface area contributed by atoms with Gasteiger partial charge in [-0.25, -0.2) is 8.42 Å². The molecule has 1 amide bonds. The summed E-state index contributed by atoms with van der Waals surface area (Å²) in [5.74, 6) is -0.252. The quantitative estimate of drug-likeness (QED) is 0.766. The van der Waals surface area contributed by atoms with E-state index in [-0.39, 0.29) is 16.2 Å². The molecule has 1 fully saturated rings. The van der Waals surface area contributed by atoms with E-state index in [9.17, 15) is 13.2 Å². The number of hydrogen-bond acceptors (Lipinski definition) is 5. The van der Waals surface area contributed by atoms with Gasteiger partial charge in [0.2, 0.25) is 0 Å². The van der Waals surface area contributed by atoms with E-state index in [1.165, 1.54) is 6.07 Å². The number of nitrogens with one attached hydrogen (secondary N) is 1. The maximum Gasteiger partial charge on any atom is 0.262 e. The van der Waals surface area contributed by atoms with Crippen molar-refractivity contribution in [1.82, 2.24) is 5.32 Å². The zero-order valence-electron chi connectivity index (χ0n) is 11.9. The fourth-order valence-corrected chi connectivity index (χ4v) is 4.76. The van der Waals surface area contributed by atoms with Gasteiger partial charge in [0, 0.05) is 35.8 Å². The molecule has 21 heavy (non-hydrogen) atoms. The maximum atomic E-state index is 12.1. The SMILES string of the molecule is COCCC1(CNC(=O)c2cc(S(=O)(=O)Cl)c(C)s2)CC1. The first kappa shape index (κ1) is 16.7. The zero-order chi connectivity index (χ0) is 15.7. The normalized spacial score (nSPS) is 16.7. The largest absolute Gasteiger partial charge is 0.385 e. The minimum Gasteiger partial charge on any atom is -0.385 e. The van der Waals surface area contributed by atoms with Gasteiger partial charge in [0.15, 0.2) is 0 Å². The minimum atomic E-state index is -3.80. The van der Waals surface area contributed by atoms with Crippen molar-refractivity contribution in [2.75, 3.05) is 20.3 Å². The van der Waals surface area contributed by atoms with Crippen LogP contribution in [-0.4, -0.2) is 34.6 Å². The summed E-state index contributed by atoms with van der Waals surface area (Å²) in [6, 6.07) is 1.34. The van der Waals surface area contributed by atoms with E-state index >= 15 is 0 Å². The van der Waals surface area contributed by atoms with Gasteiger partial charge in [-0.15, -0.1) is 11.3 Å². The van der Waals surface area contributed by atoms with Gasteiger partial charge in [-0.1, -0.05) is 0 Å². The van der Waals surface area contributed by atoms with Gasteiger partial charge < -0.3 is 10.1 Å². The Kier molecular flexibility index (Phi) is 4.97. The molecule has 1 heterocycles. The van der Waals surface area contributed by atoms with E-state index < -0.39 is 9.05 Å². The Morgan fingerprint density at radius 1 is 1.52 bits per heavy atom.